The minimum absolute atomic E-state index is 0.241. The average molecular weight is 368 g/mol. The number of amides is 1. The lowest BCUT2D eigenvalue weighted by molar-refractivity contribution is -0.136. The predicted octanol–water partition coefficient (Wildman–Crippen LogP) is 4.51. The van der Waals surface area contributed by atoms with Crippen molar-refractivity contribution >= 4 is 17.2 Å². The minimum atomic E-state index is -0.241. The molecule has 1 atom stereocenters. The number of benzene rings is 1. The molecule has 3 heterocycles. The van der Waals surface area contributed by atoms with E-state index in [0.717, 1.165) is 51.1 Å². The highest BCUT2D eigenvalue weighted by molar-refractivity contribution is 7.10. The molecule has 1 aliphatic carbocycles. The number of rotatable bonds is 3. The highest BCUT2D eigenvalue weighted by Gasteiger charge is 2.47. The molecule has 1 aromatic heterocycles. The summed E-state index contributed by atoms with van der Waals surface area (Å²) in [6.07, 6.45) is 6.47. The van der Waals surface area contributed by atoms with Gasteiger partial charge in [-0.1, -0.05) is 31.0 Å². The Morgan fingerprint density at radius 3 is 2.92 bits per heavy atom. The van der Waals surface area contributed by atoms with Gasteiger partial charge in [0.25, 0.3) is 0 Å². The molecular weight excluding hydrogens is 342 g/mol. The van der Waals surface area contributed by atoms with Crippen LogP contribution in [0.5, 0.6) is 5.75 Å². The van der Waals surface area contributed by atoms with Gasteiger partial charge in [-0.05, 0) is 47.9 Å². The predicted molar refractivity (Wildman–Crippen MR) is 104 cm³/mol. The van der Waals surface area contributed by atoms with Crippen molar-refractivity contribution in [1.29, 1.82) is 0 Å². The number of likely N-dealkylation sites (tertiary alicyclic amines) is 1. The molecule has 2 aromatic rings. The van der Waals surface area contributed by atoms with Gasteiger partial charge in [-0.2, -0.15) is 0 Å². The zero-order valence-corrected chi connectivity index (χ0v) is 15.9. The molecule has 136 valence electrons. The Morgan fingerprint density at radius 2 is 2.12 bits per heavy atom. The molecule has 26 heavy (non-hydrogen) atoms. The van der Waals surface area contributed by atoms with Crippen molar-refractivity contribution in [3.63, 3.8) is 0 Å². The molecule has 1 saturated carbocycles. The Labute approximate surface area is 159 Å². The van der Waals surface area contributed by atoms with E-state index in [2.05, 4.69) is 40.6 Å². The zero-order valence-electron chi connectivity index (χ0n) is 15.1. The second-order valence-electron chi connectivity index (χ2n) is 7.97. The quantitative estimate of drug-likeness (QED) is 0.799. The van der Waals surface area contributed by atoms with Crippen LogP contribution in [0.3, 0.4) is 0 Å². The largest absolute Gasteiger partial charge is 0.493 e. The second kappa shape index (κ2) is 6.41. The normalized spacial score (nSPS) is 23.8. The number of carbonyl (C=O) groups is 1. The van der Waals surface area contributed by atoms with Crippen LogP contribution in [0, 0.1) is 0 Å². The van der Waals surface area contributed by atoms with Crippen molar-refractivity contribution in [2.45, 2.75) is 49.9 Å². The van der Waals surface area contributed by atoms with Gasteiger partial charge in [-0.3, -0.25) is 4.79 Å². The molecule has 2 fully saturated rings. The van der Waals surface area contributed by atoms with Gasteiger partial charge in [-0.15, -0.1) is 11.3 Å². The van der Waals surface area contributed by atoms with Crippen LogP contribution in [0.1, 0.15) is 54.0 Å². The zero-order chi connectivity index (χ0) is 17.6. The first-order valence-corrected chi connectivity index (χ1v) is 10.7. The van der Waals surface area contributed by atoms with E-state index in [4.69, 9.17) is 4.74 Å². The minimum Gasteiger partial charge on any atom is -0.493 e. The van der Waals surface area contributed by atoms with Crippen molar-refractivity contribution in [3.8, 4) is 5.75 Å². The third-order valence-corrected chi connectivity index (χ3v) is 7.59. The van der Waals surface area contributed by atoms with Gasteiger partial charge < -0.3 is 9.64 Å². The summed E-state index contributed by atoms with van der Waals surface area (Å²) in [6.45, 7) is 2.56. The van der Waals surface area contributed by atoms with Gasteiger partial charge in [0, 0.05) is 30.3 Å². The summed E-state index contributed by atoms with van der Waals surface area (Å²) < 4.78 is 5.63. The van der Waals surface area contributed by atoms with Crippen LogP contribution in [0.4, 0.5) is 0 Å². The highest BCUT2D eigenvalue weighted by atomic mass is 32.1. The first-order chi connectivity index (χ1) is 12.8. The van der Waals surface area contributed by atoms with Crippen LogP contribution in [-0.2, 0) is 16.6 Å². The van der Waals surface area contributed by atoms with Crippen molar-refractivity contribution in [2.75, 3.05) is 19.7 Å². The van der Waals surface area contributed by atoms with E-state index in [9.17, 15) is 4.79 Å². The Balaban J connectivity index is 1.36. The van der Waals surface area contributed by atoms with E-state index in [1.54, 1.807) is 11.3 Å². The maximum Gasteiger partial charge on any atom is 0.234 e. The van der Waals surface area contributed by atoms with E-state index in [0.29, 0.717) is 11.8 Å². The third kappa shape index (κ3) is 2.58. The van der Waals surface area contributed by atoms with Crippen molar-refractivity contribution in [3.05, 3.63) is 51.7 Å². The molecule has 1 unspecified atom stereocenters. The van der Waals surface area contributed by atoms with E-state index in [1.165, 1.54) is 28.8 Å². The fourth-order valence-corrected chi connectivity index (χ4v) is 6.05. The molecule has 1 saturated heterocycles. The summed E-state index contributed by atoms with van der Waals surface area (Å²) in [5.74, 6) is 1.89. The van der Waals surface area contributed by atoms with E-state index in [-0.39, 0.29) is 5.41 Å². The van der Waals surface area contributed by atoms with Gasteiger partial charge in [-0.25, -0.2) is 0 Å². The summed E-state index contributed by atoms with van der Waals surface area (Å²) in [5, 5.41) is 2.11. The lowest BCUT2D eigenvalue weighted by atomic mass is 9.83. The molecule has 3 aliphatic rings. The van der Waals surface area contributed by atoms with Crippen molar-refractivity contribution in [1.82, 2.24) is 4.90 Å². The van der Waals surface area contributed by atoms with Crippen LogP contribution < -0.4 is 4.74 Å². The van der Waals surface area contributed by atoms with Crippen molar-refractivity contribution in [2.24, 2.45) is 0 Å². The lowest BCUT2D eigenvalue weighted by Gasteiger charge is -2.31. The molecule has 3 nitrogen and oxygen atoms in total. The Kier molecular flexibility index (Phi) is 4.04. The van der Waals surface area contributed by atoms with E-state index in [1.807, 2.05) is 0 Å². The number of carbonyl (C=O) groups excluding carboxylic acids is 1. The molecule has 4 heteroatoms. The van der Waals surface area contributed by atoms with Crippen LogP contribution in [0.2, 0.25) is 0 Å². The molecule has 0 N–H and O–H groups in total. The SMILES string of the molecule is O=C(N1CCC(c2ccc3c(c2)CCO3)C1)C1(c2cccs2)CCCC1. The fraction of sp³-hybridized carbons (Fsp3) is 0.500. The lowest BCUT2D eigenvalue weighted by Crippen LogP contribution is -2.44. The molecule has 1 amide bonds. The number of hydrogen-bond acceptors (Lipinski definition) is 3. The number of fused-ring (bicyclic) bond motifs is 1. The summed E-state index contributed by atoms with van der Waals surface area (Å²) in [6, 6.07) is 10.9. The maximum absolute atomic E-state index is 13.5. The summed E-state index contributed by atoms with van der Waals surface area (Å²) in [7, 11) is 0. The topological polar surface area (TPSA) is 29.5 Å². The molecule has 2 aliphatic heterocycles. The van der Waals surface area contributed by atoms with Crippen LogP contribution in [0.15, 0.2) is 35.7 Å². The number of hydrogen-bond donors (Lipinski definition) is 0. The molecular formula is C22H25NO2S. The van der Waals surface area contributed by atoms with E-state index >= 15 is 0 Å². The Morgan fingerprint density at radius 1 is 1.23 bits per heavy atom. The van der Waals surface area contributed by atoms with Gasteiger partial charge in [0.2, 0.25) is 5.91 Å². The first kappa shape index (κ1) is 16.4. The smallest absolute Gasteiger partial charge is 0.234 e. The molecule has 0 bridgehead atoms. The Bertz CT molecular complexity index is 808. The van der Waals surface area contributed by atoms with Gasteiger partial charge >= 0.3 is 0 Å². The summed E-state index contributed by atoms with van der Waals surface area (Å²) in [4.78, 5) is 17.0. The monoisotopic (exact) mass is 367 g/mol. The molecule has 0 radical (unpaired) electrons. The van der Waals surface area contributed by atoms with Gasteiger partial charge in [0.15, 0.2) is 0 Å². The van der Waals surface area contributed by atoms with E-state index < -0.39 is 0 Å². The molecule has 0 spiro atoms. The number of thiophene rings is 1. The van der Waals surface area contributed by atoms with Crippen molar-refractivity contribution < 1.29 is 9.53 Å². The molecule has 1 aromatic carbocycles. The van der Waals surface area contributed by atoms with Gasteiger partial charge in [0.05, 0.1) is 12.0 Å². The maximum atomic E-state index is 13.5. The highest BCUT2D eigenvalue weighted by Crippen LogP contribution is 2.45. The summed E-state index contributed by atoms with van der Waals surface area (Å²) in [5.41, 5.74) is 2.47. The average Bonchev–Trinajstić information content (AvgIpc) is 3.48. The van der Waals surface area contributed by atoms with Crippen LogP contribution >= 0.6 is 11.3 Å². The Hall–Kier alpha value is -1.81. The van der Waals surface area contributed by atoms with Gasteiger partial charge in [0.1, 0.15) is 5.75 Å². The summed E-state index contributed by atoms with van der Waals surface area (Å²) >= 11 is 1.76. The van der Waals surface area contributed by atoms with Crippen LogP contribution in [-0.4, -0.2) is 30.5 Å². The number of nitrogens with zero attached hydrogens (tertiary/aromatic N) is 1. The van der Waals surface area contributed by atoms with Crippen LogP contribution in [0.25, 0.3) is 0 Å². The third-order valence-electron chi connectivity index (χ3n) is 6.52. The number of ether oxygens (including phenoxy) is 1. The molecule has 5 rings (SSSR count). The first-order valence-electron chi connectivity index (χ1n) is 9.85. The standard InChI is InChI=1S/C22H25NO2S/c24-21(22(9-1-2-10-22)20-4-3-13-26-20)23-11-7-18(15-23)16-5-6-19-17(14-16)8-12-25-19/h3-6,13-14,18H,1-2,7-12,15H2. The fourth-order valence-electron chi connectivity index (χ4n) is 5.07. The second-order valence-corrected chi connectivity index (χ2v) is 8.92.